The molecule has 2 fully saturated rings. The van der Waals surface area contributed by atoms with E-state index in [1.54, 1.807) is 6.07 Å². The van der Waals surface area contributed by atoms with Gasteiger partial charge in [-0.1, -0.05) is 30.8 Å². The van der Waals surface area contributed by atoms with E-state index < -0.39 is 0 Å². The van der Waals surface area contributed by atoms with Crippen LogP contribution in [0.1, 0.15) is 29.2 Å². The predicted octanol–water partition coefficient (Wildman–Crippen LogP) is 3.74. The summed E-state index contributed by atoms with van der Waals surface area (Å²) in [5.41, 5.74) is 10.6. The van der Waals surface area contributed by atoms with E-state index in [-0.39, 0.29) is 23.9 Å². The SMILES string of the molecule is C=CC(=O)N1CC2CC1C(n1nc(-c3ccc(NC(=O)c4ccccc4N(C)C)cc3)c3c(N)ncnc31)C2. The van der Waals surface area contributed by atoms with Crippen LogP contribution in [0.25, 0.3) is 22.3 Å². The van der Waals surface area contributed by atoms with Crippen molar-refractivity contribution in [2.24, 2.45) is 5.92 Å². The normalized spacial score (nSPS) is 19.8. The molecule has 2 aromatic heterocycles. The standard InChI is InChI=1S/C29H30N8O2/c1-4-24(38)36-15-17-13-22(36)23(14-17)37-28-25(27(30)31-16-32-28)26(34-37)18-9-11-19(12-10-18)33-29(39)20-7-5-6-8-21(20)35(2)3/h4-12,16-17,22-23H,1,13-15H2,2-3H3,(H,33,39)(H2,30,31,32). The third-order valence-corrected chi connectivity index (χ3v) is 7.79. The molecule has 10 nitrogen and oxygen atoms in total. The van der Waals surface area contributed by atoms with Crippen molar-refractivity contribution in [2.75, 3.05) is 36.6 Å². The number of para-hydroxylation sites is 1. The predicted molar refractivity (Wildman–Crippen MR) is 151 cm³/mol. The van der Waals surface area contributed by atoms with Crippen LogP contribution in [-0.2, 0) is 4.79 Å². The molecule has 39 heavy (non-hydrogen) atoms. The van der Waals surface area contributed by atoms with Gasteiger partial charge in [-0.25, -0.2) is 14.6 Å². The average Bonchev–Trinajstić information content (AvgIpc) is 3.66. The summed E-state index contributed by atoms with van der Waals surface area (Å²) in [7, 11) is 3.82. The molecule has 2 bridgehead atoms. The highest BCUT2D eigenvalue weighted by Crippen LogP contribution is 2.46. The molecule has 4 aromatic rings. The number of hydrogen-bond donors (Lipinski definition) is 2. The fourth-order valence-corrected chi connectivity index (χ4v) is 6.02. The number of carbonyl (C=O) groups is 2. The maximum Gasteiger partial charge on any atom is 0.257 e. The number of nitrogens with one attached hydrogen (secondary N) is 1. The lowest BCUT2D eigenvalue weighted by molar-refractivity contribution is -0.128. The lowest BCUT2D eigenvalue weighted by atomic mass is 10.1. The molecule has 2 amide bonds. The molecule has 3 heterocycles. The number of likely N-dealkylation sites (tertiary alicyclic amines) is 1. The van der Waals surface area contributed by atoms with Crippen LogP contribution >= 0.6 is 0 Å². The molecule has 2 aromatic carbocycles. The minimum atomic E-state index is -0.186. The van der Waals surface area contributed by atoms with Gasteiger partial charge in [0.2, 0.25) is 5.91 Å². The zero-order chi connectivity index (χ0) is 27.3. The highest BCUT2D eigenvalue weighted by atomic mass is 16.2. The maximum absolute atomic E-state index is 13.0. The average molecular weight is 523 g/mol. The van der Waals surface area contributed by atoms with Crippen LogP contribution in [0.2, 0.25) is 0 Å². The Morgan fingerprint density at radius 2 is 1.82 bits per heavy atom. The number of fused-ring (bicyclic) bond motifs is 3. The van der Waals surface area contributed by atoms with Gasteiger partial charge in [-0.15, -0.1) is 0 Å². The van der Waals surface area contributed by atoms with Gasteiger partial charge in [0, 0.05) is 37.6 Å². The molecule has 10 heteroatoms. The van der Waals surface area contributed by atoms with Crippen molar-refractivity contribution < 1.29 is 9.59 Å². The summed E-state index contributed by atoms with van der Waals surface area (Å²) in [6, 6.07) is 15.0. The van der Waals surface area contributed by atoms with Gasteiger partial charge in [0.15, 0.2) is 5.65 Å². The number of piperidine rings is 1. The van der Waals surface area contributed by atoms with E-state index in [4.69, 9.17) is 10.8 Å². The quantitative estimate of drug-likeness (QED) is 0.370. The first kappa shape index (κ1) is 24.6. The van der Waals surface area contributed by atoms with E-state index in [2.05, 4.69) is 21.9 Å². The number of hydrogen-bond acceptors (Lipinski definition) is 7. The van der Waals surface area contributed by atoms with E-state index in [1.165, 1.54) is 12.4 Å². The second-order valence-corrected chi connectivity index (χ2v) is 10.4. The van der Waals surface area contributed by atoms with Crippen LogP contribution in [-0.4, -0.2) is 63.1 Å². The second kappa shape index (κ2) is 9.54. The van der Waals surface area contributed by atoms with Crippen molar-refractivity contribution in [3.63, 3.8) is 0 Å². The number of nitrogen functional groups attached to an aromatic ring is 1. The number of amides is 2. The molecule has 198 valence electrons. The number of rotatable bonds is 6. The smallest absolute Gasteiger partial charge is 0.257 e. The molecule has 2 aliphatic rings. The van der Waals surface area contributed by atoms with Gasteiger partial charge in [-0.3, -0.25) is 9.59 Å². The summed E-state index contributed by atoms with van der Waals surface area (Å²) in [6.45, 7) is 4.42. The Kier molecular flexibility index (Phi) is 6.02. The minimum Gasteiger partial charge on any atom is -0.383 e. The van der Waals surface area contributed by atoms with E-state index in [0.717, 1.165) is 30.6 Å². The van der Waals surface area contributed by atoms with Crippen molar-refractivity contribution in [1.82, 2.24) is 24.6 Å². The molecule has 1 aliphatic carbocycles. The van der Waals surface area contributed by atoms with Gasteiger partial charge >= 0.3 is 0 Å². The van der Waals surface area contributed by atoms with Crippen LogP contribution in [0.4, 0.5) is 17.2 Å². The number of benzene rings is 2. The molecular weight excluding hydrogens is 492 g/mol. The third-order valence-electron chi connectivity index (χ3n) is 7.79. The van der Waals surface area contributed by atoms with Gasteiger partial charge in [0.05, 0.1) is 23.0 Å². The summed E-state index contributed by atoms with van der Waals surface area (Å²) >= 11 is 0. The number of nitrogens with zero attached hydrogens (tertiary/aromatic N) is 6. The molecule has 0 radical (unpaired) electrons. The topological polar surface area (TPSA) is 122 Å². The summed E-state index contributed by atoms with van der Waals surface area (Å²) in [6.07, 6.45) is 4.69. The number of nitrogens with two attached hydrogens (primary N) is 1. The highest BCUT2D eigenvalue weighted by Gasteiger charge is 2.48. The van der Waals surface area contributed by atoms with Crippen molar-refractivity contribution in [1.29, 1.82) is 0 Å². The van der Waals surface area contributed by atoms with Gasteiger partial charge < -0.3 is 20.9 Å². The number of aromatic nitrogens is 4. The molecule has 3 N–H and O–H groups in total. The third kappa shape index (κ3) is 4.18. The fraction of sp³-hybridized carbons (Fsp3) is 0.276. The first-order valence-corrected chi connectivity index (χ1v) is 13.0. The zero-order valence-corrected chi connectivity index (χ0v) is 21.9. The summed E-state index contributed by atoms with van der Waals surface area (Å²) in [5.74, 6) is 0.533. The summed E-state index contributed by atoms with van der Waals surface area (Å²) in [5, 5.41) is 8.65. The molecular formula is C29H30N8O2. The first-order chi connectivity index (χ1) is 18.9. The molecule has 0 spiro atoms. The number of carbonyl (C=O) groups excluding carboxylic acids is 2. The van der Waals surface area contributed by atoms with Gasteiger partial charge in [-0.05, 0) is 49.1 Å². The first-order valence-electron chi connectivity index (χ1n) is 13.0. The van der Waals surface area contributed by atoms with Gasteiger partial charge in [-0.2, -0.15) is 5.10 Å². The largest absolute Gasteiger partial charge is 0.383 e. The Morgan fingerprint density at radius 3 is 2.54 bits per heavy atom. The van der Waals surface area contributed by atoms with E-state index in [9.17, 15) is 9.59 Å². The second-order valence-electron chi connectivity index (χ2n) is 10.4. The lowest BCUT2D eigenvalue weighted by Crippen LogP contribution is -2.42. The van der Waals surface area contributed by atoms with Crippen LogP contribution in [0.5, 0.6) is 0 Å². The van der Waals surface area contributed by atoms with Crippen LogP contribution in [0.15, 0.2) is 67.5 Å². The summed E-state index contributed by atoms with van der Waals surface area (Å²) < 4.78 is 1.92. The zero-order valence-electron chi connectivity index (χ0n) is 21.9. The van der Waals surface area contributed by atoms with Crippen molar-refractivity contribution in [3.05, 3.63) is 73.1 Å². The maximum atomic E-state index is 13.0. The van der Waals surface area contributed by atoms with Crippen molar-refractivity contribution >= 4 is 40.0 Å². The molecule has 1 aliphatic heterocycles. The van der Waals surface area contributed by atoms with Crippen LogP contribution < -0.4 is 16.0 Å². The molecule has 6 rings (SSSR count). The Labute approximate surface area is 226 Å². The molecule has 3 atom stereocenters. The fourth-order valence-electron chi connectivity index (χ4n) is 6.02. The number of anilines is 3. The van der Waals surface area contributed by atoms with Crippen LogP contribution in [0, 0.1) is 5.92 Å². The van der Waals surface area contributed by atoms with E-state index in [1.807, 2.05) is 71.0 Å². The molecule has 1 saturated carbocycles. The Hall–Kier alpha value is -4.73. The summed E-state index contributed by atoms with van der Waals surface area (Å²) in [4.78, 5) is 38.1. The van der Waals surface area contributed by atoms with Gasteiger partial charge in [0.1, 0.15) is 17.8 Å². The monoisotopic (exact) mass is 522 g/mol. The Bertz CT molecular complexity index is 1590. The van der Waals surface area contributed by atoms with Gasteiger partial charge in [0.25, 0.3) is 5.91 Å². The molecule has 1 saturated heterocycles. The molecule has 3 unspecified atom stereocenters. The van der Waals surface area contributed by atoms with Crippen molar-refractivity contribution in [2.45, 2.75) is 24.9 Å². The lowest BCUT2D eigenvalue weighted by Gasteiger charge is -2.32. The Balaban J connectivity index is 1.32. The minimum absolute atomic E-state index is 0.00599. The van der Waals surface area contributed by atoms with Crippen molar-refractivity contribution in [3.8, 4) is 11.3 Å². The van der Waals surface area contributed by atoms with E-state index in [0.29, 0.717) is 39.7 Å². The van der Waals surface area contributed by atoms with Crippen LogP contribution in [0.3, 0.4) is 0 Å². The Morgan fingerprint density at radius 1 is 1.08 bits per heavy atom. The van der Waals surface area contributed by atoms with E-state index >= 15 is 0 Å². The highest BCUT2D eigenvalue weighted by molar-refractivity contribution is 6.08.